The second kappa shape index (κ2) is 10.6. The number of nitrogens with zero attached hydrogens (tertiary/aromatic N) is 1. The second-order valence-electron chi connectivity index (χ2n) is 6.13. The first-order chi connectivity index (χ1) is 13.6. The van der Waals surface area contributed by atoms with E-state index in [0.717, 1.165) is 29.9 Å². The predicted molar refractivity (Wildman–Crippen MR) is 112 cm³/mol. The quantitative estimate of drug-likeness (QED) is 0.591. The van der Waals surface area contributed by atoms with Crippen LogP contribution in [0.1, 0.15) is 0 Å². The van der Waals surface area contributed by atoms with Crippen LogP contribution < -0.4 is 24.8 Å². The molecule has 2 N–H and O–H groups in total. The van der Waals surface area contributed by atoms with Gasteiger partial charge in [0.15, 0.2) is 11.5 Å². The van der Waals surface area contributed by atoms with Crippen molar-refractivity contribution in [3.63, 3.8) is 0 Å². The van der Waals surface area contributed by atoms with Gasteiger partial charge in [-0.2, -0.15) is 0 Å². The second-order valence-corrected chi connectivity index (χ2v) is 6.13. The van der Waals surface area contributed by atoms with Gasteiger partial charge in [-0.1, -0.05) is 0 Å². The zero-order valence-corrected chi connectivity index (χ0v) is 17.3. The number of rotatable bonds is 11. The standard InChI is InChI=1S/C21H30N2O5/c1-24-12-10-23(11-13-25-2)15-6-8-18(22)17(14-15)16-7-9-19(26-3)21(28-5)20(16)27-4/h6-9,14H,10-13,22H2,1-5H3. The third-order valence-corrected chi connectivity index (χ3v) is 4.53. The minimum Gasteiger partial charge on any atom is -0.493 e. The van der Waals surface area contributed by atoms with E-state index in [2.05, 4.69) is 4.90 Å². The van der Waals surface area contributed by atoms with Crippen LogP contribution in [0.4, 0.5) is 11.4 Å². The first kappa shape index (κ1) is 21.7. The molecule has 0 radical (unpaired) electrons. The highest BCUT2D eigenvalue weighted by atomic mass is 16.5. The van der Waals surface area contributed by atoms with E-state index in [4.69, 9.17) is 29.4 Å². The van der Waals surface area contributed by atoms with E-state index in [1.165, 1.54) is 0 Å². The van der Waals surface area contributed by atoms with Gasteiger partial charge < -0.3 is 34.3 Å². The Morgan fingerprint density at radius 1 is 0.750 bits per heavy atom. The third kappa shape index (κ3) is 4.79. The summed E-state index contributed by atoms with van der Waals surface area (Å²) in [5.74, 6) is 1.70. The number of methoxy groups -OCH3 is 5. The lowest BCUT2D eigenvalue weighted by molar-refractivity contribution is 0.190. The Hall–Kier alpha value is -2.64. The molecule has 0 unspecified atom stereocenters. The summed E-state index contributed by atoms with van der Waals surface area (Å²) < 4.78 is 27.0. The summed E-state index contributed by atoms with van der Waals surface area (Å²) in [5.41, 5.74) is 9.67. The van der Waals surface area contributed by atoms with E-state index in [0.29, 0.717) is 36.1 Å². The highest BCUT2D eigenvalue weighted by Crippen LogP contribution is 2.46. The van der Waals surface area contributed by atoms with Crippen molar-refractivity contribution >= 4 is 11.4 Å². The highest BCUT2D eigenvalue weighted by molar-refractivity contribution is 5.86. The van der Waals surface area contributed by atoms with Crippen molar-refractivity contribution in [2.75, 3.05) is 72.5 Å². The van der Waals surface area contributed by atoms with Crippen LogP contribution in [-0.2, 0) is 9.47 Å². The molecule has 28 heavy (non-hydrogen) atoms. The van der Waals surface area contributed by atoms with E-state index >= 15 is 0 Å². The Labute approximate surface area is 166 Å². The Kier molecular flexibility index (Phi) is 8.22. The summed E-state index contributed by atoms with van der Waals surface area (Å²) in [7, 11) is 8.16. The molecule has 0 fully saturated rings. The monoisotopic (exact) mass is 390 g/mol. The first-order valence-electron chi connectivity index (χ1n) is 9.02. The van der Waals surface area contributed by atoms with Crippen LogP contribution >= 0.6 is 0 Å². The van der Waals surface area contributed by atoms with E-state index in [1.54, 1.807) is 35.5 Å². The molecule has 0 aliphatic carbocycles. The fourth-order valence-corrected chi connectivity index (χ4v) is 3.06. The van der Waals surface area contributed by atoms with E-state index in [-0.39, 0.29) is 0 Å². The number of nitrogen functional groups attached to an aromatic ring is 1. The van der Waals surface area contributed by atoms with Gasteiger partial charge in [-0.3, -0.25) is 0 Å². The molecule has 2 rings (SSSR count). The van der Waals surface area contributed by atoms with Crippen molar-refractivity contribution < 1.29 is 23.7 Å². The number of anilines is 2. The lowest BCUT2D eigenvalue weighted by atomic mass is 10.0. The fraction of sp³-hybridized carbons (Fsp3) is 0.429. The van der Waals surface area contributed by atoms with Crippen LogP contribution in [0.5, 0.6) is 17.2 Å². The van der Waals surface area contributed by atoms with Gasteiger partial charge in [-0.25, -0.2) is 0 Å². The fourth-order valence-electron chi connectivity index (χ4n) is 3.06. The molecular weight excluding hydrogens is 360 g/mol. The molecule has 0 saturated heterocycles. The van der Waals surface area contributed by atoms with Crippen molar-refractivity contribution in [2.45, 2.75) is 0 Å². The summed E-state index contributed by atoms with van der Waals surface area (Å²) in [6.07, 6.45) is 0. The van der Waals surface area contributed by atoms with Gasteiger partial charge >= 0.3 is 0 Å². The van der Waals surface area contributed by atoms with Crippen LogP contribution in [0.2, 0.25) is 0 Å². The molecule has 0 aliphatic heterocycles. The van der Waals surface area contributed by atoms with Crippen molar-refractivity contribution in [1.82, 2.24) is 0 Å². The van der Waals surface area contributed by atoms with Crippen LogP contribution in [0.25, 0.3) is 11.1 Å². The van der Waals surface area contributed by atoms with Gasteiger partial charge in [0.1, 0.15) is 0 Å². The van der Waals surface area contributed by atoms with Crippen LogP contribution in [0, 0.1) is 0 Å². The molecule has 0 bridgehead atoms. The maximum Gasteiger partial charge on any atom is 0.203 e. The zero-order chi connectivity index (χ0) is 20.5. The largest absolute Gasteiger partial charge is 0.493 e. The molecule has 0 atom stereocenters. The highest BCUT2D eigenvalue weighted by Gasteiger charge is 2.19. The molecule has 154 valence electrons. The molecular formula is C21H30N2O5. The molecule has 2 aromatic rings. The zero-order valence-electron chi connectivity index (χ0n) is 17.3. The molecule has 7 heteroatoms. The number of hydrogen-bond donors (Lipinski definition) is 1. The van der Waals surface area contributed by atoms with Gasteiger partial charge in [0.05, 0.1) is 34.5 Å². The number of nitrogens with two attached hydrogens (primary N) is 1. The summed E-state index contributed by atoms with van der Waals surface area (Å²) in [4.78, 5) is 2.20. The van der Waals surface area contributed by atoms with Gasteiger partial charge in [-0.05, 0) is 30.3 Å². The molecule has 2 aromatic carbocycles. The van der Waals surface area contributed by atoms with Crippen molar-refractivity contribution in [3.8, 4) is 28.4 Å². The van der Waals surface area contributed by atoms with Gasteiger partial charge in [-0.15, -0.1) is 0 Å². The van der Waals surface area contributed by atoms with E-state index in [9.17, 15) is 0 Å². The Balaban J connectivity index is 2.53. The van der Waals surface area contributed by atoms with Crippen LogP contribution in [0.3, 0.4) is 0 Å². The Bertz CT molecular complexity index is 759. The molecule has 0 heterocycles. The summed E-state index contributed by atoms with van der Waals surface area (Å²) in [6, 6.07) is 9.70. The normalized spacial score (nSPS) is 10.6. The Morgan fingerprint density at radius 3 is 1.93 bits per heavy atom. The lowest BCUT2D eigenvalue weighted by Gasteiger charge is -2.25. The molecule has 0 aliphatic rings. The molecule has 0 amide bonds. The van der Waals surface area contributed by atoms with Crippen molar-refractivity contribution in [1.29, 1.82) is 0 Å². The van der Waals surface area contributed by atoms with Gasteiger partial charge in [0.2, 0.25) is 5.75 Å². The molecule has 0 saturated carbocycles. The third-order valence-electron chi connectivity index (χ3n) is 4.53. The molecule has 7 nitrogen and oxygen atoms in total. The molecule has 0 aromatic heterocycles. The first-order valence-corrected chi connectivity index (χ1v) is 9.02. The number of benzene rings is 2. The maximum atomic E-state index is 6.31. The topological polar surface area (TPSA) is 75.4 Å². The van der Waals surface area contributed by atoms with Crippen LogP contribution in [0.15, 0.2) is 30.3 Å². The Morgan fingerprint density at radius 2 is 1.39 bits per heavy atom. The average Bonchev–Trinajstić information content (AvgIpc) is 2.73. The van der Waals surface area contributed by atoms with Gasteiger partial charge in [0, 0.05) is 49.8 Å². The van der Waals surface area contributed by atoms with Crippen LogP contribution in [-0.4, -0.2) is 61.9 Å². The smallest absolute Gasteiger partial charge is 0.203 e. The minimum absolute atomic E-state index is 0.530. The maximum absolute atomic E-state index is 6.31. The predicted octanol–water partition coefficient (Wildman–Crippen LogP) is 3.06. The summed E-state index contributed by atoms with van der Waals surface area (Å²) in [6.45, 7) is 2.71. The van der Waals surface area contributed by atoms with Gasteiger partial charge in [0.25, 0.3) is 0 Å². The van der Waals surface area contributed by atoms with Crippen molar-refractivity contribution in [2.24, 2.45) is 0 Å². The summed E-state index contributed by atoms with van der Waals surface area (Å²) >= 11 is 0. The molecule has 0 spiro atoms. The number of hydrogen-bond acceptors (Lipinski definition) is 7. The number of ether oxygens (including phenoxy) is 5. The van der Waals surface area contributed by atoms with E-state index in [1.807, 2.05) is 30.3 Å². The SMILES string of the molecule is COCCN(CCOC)c1ccc(N)c(-c2ccc(OC)c(OC)c2OC)c1. The minimum atomic E-state index is 0.530. The van der Waals surface area contributed by atoms with E-state index < -0.39 is 0 Å². The lowest BCUT2D eigenvalue weighted by Crippen LogP contribution is -2.30. The average molecular weight is 390 g/mol. The van der Waals surface area contributed by atoms with Crippen molar-refractivity contribution in [3.05, 3.63) is 30.3 Å². The summed E-state index contributed by atoms with van der Waals surface area (Å²) in [5, 5.41) is 0.